The van der Waals surface area contributed by atoms with Crippen LogP contribution in [0.4, 0.5) is 0 Å². The van der Waals surface area contributed by atoms with Crippen molar-refractivity contribution in [1.82, 2.24) is 10.6 Å². The van der Waals surface area contributed by atoms with Crippen LogP contribution in [-0.4, -0.2) is 25.0 Å². The second-order valence-corrected chi connectivity index (χ2v) is 3.14. The van der Waals surface area contributed by atoms with Crippen LogP contribution in [0, 0.1) is 0 Å². The molecule has 1 heterocycles. The number of hydrogen-bond donors (Lipinski definition) is 2. The van der Waals surface area contributed by atoms with Gasteiger partial charge >= 0.3 is 0 Å². The number of halogens is 1. The van der Waals surface area contributed by atoms with Crippen LogP contribution >= 0.6 is 11.6 Å². The molecule has 3 nitrogen and oxygen atoms in total. The van der Waals surface area contributed by atoms with Gasteiger partial charge in [-0.1, -0.05) is 18.2 Å². The lowest BCUT2D eigenvalue weighted by atomic mass is 10.2. The Kier molecular flexibility index (Phi) is 2.91. The van der Waals surface area contributed by atoms with Crippen LogP contribution in [0.2, 0.25) is 0 Å². The Balaban J connectivity index is 2.18. The average Bonchev–Trinajstić information content (AvgIpc) is 2.31. The first-order valence-corrected chi connectivity index (χ1v) is 3.89. The highest BCUT2D eigenvalue weighted by Crippen LogP contribution is 2.00. The molecule has 1 aliphatic heterocycles. The van der Waals surface area contributed by atoms with Crippen molar-refractivity contribution in [2.75, 3.05) is 13.1 Å². The Bertz CT molecular complexity index is 181. The molecular weight excluding hydrogens is 164 g/mol. The fraction of sp³-hybridized carbons (Fsp3) is 0.571. The van der Waals surface area contributed by atoms with Gasteiger partial charge in [-0.2, -0.15) is 0 Å². The molecule has 1 amide bonds. The van der Waals surface area contributed by atoms with Gasteiger partial charge in [0.05, 0.1) is 0 Å². The van der Waals surface area contributed by atoms with E-state index in [9.17, 15) is 4.79 Å². The van der Waals surface area contributed by atoms with E-state index >= 15 is 0 Å². The maximum Gasteiger partial charge on any atom is 0.221 e. The summed E-state index contributed by atoms with van der Waals surface area (Å²) in [6.07, 6.45) is 0.546. The van der Waals surface area contributed by atoms with Crippen molar-refractivity contribution in [3.05, 3.63) is 11.6 Å². The first-order valence-electron chi connectivity index (χ1n) is 3.52. The van der Waals surface area contributed by atoms with Crippen LogP contribution in [-0.2, 0) is 4.79 Å². The van der Waals surface area contributed by atoms with Gasteiger partial charge in [0.15, 0.2) is 0 Å². The zero-order chi connectivity index (χ0) is 8.27. The lowest BCUT2D eigenvalue weighted by Crippen LogP contribution is -2.31. The molecule has 1 atom stereocenters. The monoisotopic (exact) mass is 174 g/mol. The fourth-order valence-corrected chi connectivity index (χ4v) is 1.08. The molecule has 1 unspecified atom stereocenters. The first kappa shape index (κ1) is 8.56. The van der Waals surface area contributed by atoms with Crippen molar-refractivity contribution in [2.24, 2.45) is 0 Å². The van der Waals surface area contributed by atoms with E-state index in [1.54, 1.807) is 0 Å². The molecule has 1 saturated heterocycles. The molecule has 0 aromatic heterocycles. The summed E-state index contributed by atoms with van der Waals surface area (Å²) >= 11 is 5.53. The third-order valence-corrected chi connectivity index (χ3v) is 1.69. The van der Waals surface area contributed by atoms with E-state index < -0.39 is 0 Å². The van der Waals surface area contributed by atoms with Crippen molar-refractivity contribution < 1.29 is 4.79 Å². The van der Waals surface area contributed by atoms with Gasteiger partial charge in [0, 0.05) is 30.6 Å². The summed E-state index contributed by atoms with van der Waals surface area (Å²) in [5.41, 5.74) is 0. The van der Waals surface area contributed by atoms with Gasteiger partial charge in [-0.3, -0.25) is 4.79 Å². The van der Waals surface area contributed by atoms with E-state index in [0.717, 1.165) is 0 Å². The highest BCUT2D eigenvalue weighted by atomic mass is 35.5. The Labute approximate surface area is 70.8 Å². The molecule has 62 valence electrons. The Morgan fingerprint density at radius 1 is 1.91 bits per heavy atom. The highest BCUT2D eigenvalue weighted by Gasteiger charge is 2.20. The lowest BCUT2D eigenvalue weighted by molar-refractivity contribution is -0.119. The summed E-state index contributed by atoms with van der Waals surface area (Å²) in [5, 5.41) is 6.39. The molecule has 0 saturated carbocycles. The minimum atomic E-state index is 0.0997. The summed E-state index contributed by atoms with van der Waals surface area (Å²) in [6, 6.07) is 0.220. The number of rotatable bonds is 3. The van der Waals surface area contributed by atoms with E-state index in [4.69, 9.17) is 11.6 Å². The van der Waals surface area contributed by atoms with Crippen molar-refractivity contribution in [1.29, 1.82) is 0 Å². The van der Waals surface area contributed by atoms with E-state index in [-0.39, 0.29) is 11.9 Å². The van der Waals surface area contributed by atoms with Crippen LogP contribution in [0.1, 0.15) is 6.42 Å². The molecule has 0 aromatic carbocycles. The second kappa shape index (κ2) is 3.74. The molecule has 0 aromatic rings. The Morgan fingerprint density at radius 2 is 2.64 bits per heavy atom. The highest BCUT2D eigenvalue weighted by molar-refractivity contribution is 6.29. The van der Waals surface area contributed by atoms with Crippen molar-refractivity contribution in [2.45, 2.75) is 12.5 Å². The van der Waals surface area contributed by atoms with Gasteiger partial charge in [-0.05, 0) is 0 Å². The number of carbonyl (C=O) groups is 1. The third kappa shape index (κ3) is 2.91. The SMILES string of the molecule is C=C(Cl)CNC1CNC(=O)C1. The molecular formula is C7H11ClN2O. The van der Waals surface area contributed by atoms with Gasteiger partial charge in [-0.15, -0.1) is 0 Å². The van der Waals surface area contributed by atoms with Gasteiger partial charge in [0.25, 0.3) is 0 Å². The lowest BCUT2D eigenvalue weighted by Gasteiger charge is -2.07. The van der Waals surface area contributed by atoms with Gasteiger partial charge in [0.1, 0.15) is 0 Å². The first-order chi connectivity index (χ1) is 5.18. The summed E-state index contributed by atoms with van der Waals surface area (Å²) in [4.78, 5) is 10.7. The van der Waals surface area contributed by atoms with Crippen LogP contribution in [0.15, 0.2) is 11.6 Å². The van der Waals surface area contributed by atoms with Crippen LogP contribution < -0.4 is 10.6 Å². The van der Waals surface area contributed by atoms with Crippen molar-refractivity contribution >= 4 is 17.5 Å². The molecule has 2 N–H and O–H groups in total. The predicted molar refractivity (Wildman–Crippen MR) is 44.4 cm³/mol. The smallest absolute Gasteiger partial charge is 0.221 e. The maximum atomic E-state index is 10.7. The van der Waals surface area contributed by atoms with E-state index in [0.29, 0.717) is 24.5 Å². The standard InChI is InChI=1S/C7H11ClN2O/c1-5(8)3-9-6-2-7(11)10-4-6/h6,9H,1-4H2,(H,10,11). The molecule has 0 radical (unpaired) electrons. The average molecular weight is 175 g/mol. The topological polar surface area (TPSA) is 41.1 Å². The largest absolute Gasteiger partial charge is 0.354 e. The second-order valence-electron chi connectivity index (χ2n) is 2.60. The maximum absolute atomic E-state index is 10.7. The van der Waals surface area contributed by atoms with E-state index in [2.05, 4.69) is 17.2 Å². The molecule has 0 aliphatic carbocycles. The zero-order valence-electron chi connectivity index (χ0n) is 6.19. The molecule has 0 spiro atoms. The van der Waals surface area contributed by atoms with Gasteiger partial charge in [0.2, 0.25) is 5.91 Å². The molecule has 0 bridgehead atoms. The quantitative estimate of drug-likeness (QED) is 0.643. The summed E-state index contributed by atoms with van der Waals surface area (Å²) in [6.45, 7) is 4.80. The molecule has 11 heavy (non-hydrogen) atoms. The number of amides is 1. The van der Waals surface area contributed by atoms with E-state index in [1.807, 2.05) is 0 Å². The minimum absolute atomic E-state index is 0.0997. The third-order valence-electron chi connectivity index (χ3n) is 1.56. The van der Waals surface area contributed by atoms with Crippen molar-refractivity contribution in [3.8, 4) is 0 Å². The molecule has 1 aliphatic rings. The van der Waals surface area contributed by atoms with Gasteiger partial charge < -0.3 is 10.6 Å². The zero-order valence-corrected chi connectivity index (χ0v) is 6.95. The van der Waals surface area contributed by atoms with Crippen LogP contribution in [0.25, 0.3) is 0 Å². The van der Waals surface area contributed by atoms with Crippen molar-refractivity contribution in [3.63, 3.8) is 0 Å². The van der Waals surface area contributed by atoms with Crippen LogP contribution in [0.5, 0.6) is 0 Å². The van der Waals surface area contributed by atoms with E-state index in [1.165, 1.54) is 0 Å². The van der Waals surface area contributed by atoms with Gasteiger partial charge in [-0.25, -0.2) is 0 Å². The minimum Gasteiger partial charge on any atom is -0.354 e. The summed E-state index contributed by atoms with van der Waals surface area (Å²) < 4.78 is 0. The predicted octanol–water partition coefficient (Wildman–Crippen LogP) is 0.217. The Hall–Kier alpha value is -0.540. The Morgan fingerprint density at radius 3 is 3.09 bits per heavy atom. The number of hydrogen-bond acceptors (Lipinski definition) is 2. The normalized spacial score (nSPS) is 23.4. The summed E-state index contributed by atoms with van der Waals surface area (Å²) in [7, 11) is 0. The molecule has 4 heteroatoms. The van der Waals surface area contributed by atoms with Crippen LogP contribution in [0.3, 0.4) is 0 Å². The number of nitrogens with one attached hydrogen (secondary N) is 2. The molecule has 1 rings (SSSR count). The molecule has 1 fully saturated rings. The fourth-order valence-electron chi connectivity index (χ4n) is 1.00. The number of carbonyl (C=O) groups excluding carboxylic acids is 1. The summed E-state index contributed by atoms with van der Waals surface area (Å²) in [5.74, 6) is 0.0997.